The molecule has 0 amide bonds. The molecular formula is C13H21NOS. The van der Waals surface area contributed by atoms with Crippen LogP contribution in [0.5, 0.6) is 0 Å². The van der Waals surface area contributed by atoms with E-state index in [2.05, 4.69) is 29.8 Å². The minimum atomic E-state index is 0.150. The van der Waals surface area contributed by atoms with Gasteiger partial charge in [-0.05, 0) is 43.7 Å². The summed E-state index contributed by atoms with van der Waals surface area (Å²) in [6.45, 7) is 3.18. The molecule has 0 aliphatic heterocycles. The SMILES string of the molecule is CCNC(CC1(OC)CCC1)c1cccs1. The van der Waals surface area contributed by atoms with Gasteiger partial charge in [-0.15, -0.1) is 11.3 Å². The van der Waals surface area contributed by atoms with Crippen LogP contribution in [-0.2, 0) is 4.74 Å². The maximum Gasteiger partial charge on any atom is 0.0697 e. The fourth-order valence-electron chi connectivity index (χ4n) is 2.44. The molecule has 1 unspecified atom stereocenters. The molecule has 0 saturated heterocycles. The lowest BCUT2D eigenvalue weighted by Gasteiger charge is -2.42. The molecule has 1 aliphatic rings. The van der Waals surface area contributed by atoms with Gasteiger partial charge in [-0.1, -0.05) is 13.0 Å². The Kier molecular flexibility index (Phi) is 4.00. The third kappa shape index (κ3) is 2.47. The molecule has 0 radical (unpaired) electrons. The molecule has 1 fully saturated rings. The van der Waals surface area contributed by atoms with Crippen LogP contribution in [0, 0.1) is 0 Å². The van der Waals surface area contributed by atoms with Gasteiger partial charge in [0.05, 0.1) is 5.60 Å². The van der Waals surface area contributed by atoms with Crippen LogP contribution < -0.4 is 5.32 Å². The fraction of sp³-hybridized carbons (Fsp3) is 0.692. The summed E-state index contributed by atoms with van der Waals surface area (Å²) in [6, 6.07) is 4.81. The van der Waals surface area contributed by atoms with Gasteiger partial charge in [-0.2, -0.15) is 0 Å². The first-order valence-electron chi connectivity index (χ1n) is 6.11. The quantitative estimate of drug-likeness (QED) is 0.822. The molecule has 0 bridgehead atoms. The molecule has 1 heterocycles. The van der Waals surface area contributed by atoms with Crippen molar-refractivity contribution in [2.45, 2.75) is 44.2 Å². The van der Waals surface area contributed by atoms with Gasteiger partial charge >= 0.3 is 0 Å². The summed E-state index contributed by atoms with van der Waals surface area (Å²) in [6.07, 6.45) is 4.86. The Labute approximate surface area is 102 Å². The van der Waals surface area contributed by atoms with Crippen molar-refractivity contribution in [3.63, 3.8) is 0 Å². The first kappa shape index (κ1) is 12.1. The largest absolute Gasteiger partial charge is 0.378 e. The molecule has 1 aliphatic carbocycles. The summed E-state index contributed by atoms with van der Waals surface area (Å²) in [5.74, 6) is 0. The second kappa shape index (κ2) is 5.30. The lowest BCUT2D eigenvalue weighted by molar-refractivity contribution is -0.0835. The van der Waals surface area contributed by atoms with E-state index in [1.807, 2.05) is 18.4 Å². The number of hydrogen-bond acceptors (Lipinski definition) is 3. The van der Waals surface area contributed by atoms with Crippen LogP contribution in [0.15, 0.2) is 17.5 Å². The van der Waals surface area contributed by atoms with Crippen molar-refractivity contribution in [1.29, 1.82) is 0 Å². The van der Waals surface area contributed by atoms with Gasteiger partial charge in [0.1, 0.15) is 0 Å². The Hall–Kier alpha value is -0.380. The monoisotopic (exact) mass is 239 g/mol. The van der Waals surface area contributed by atoms with E-state index in [1.54, 1.807) is 0 Å². The third-order valence-electron chi connectivity index (χ3n) is 3.61. The van der Waals surface area contributed by atoms with Gasteiger partial charge in [0.25, 0.3) is 0 Å². The standard InChI is InChI=1S/C13H21NOS/c1-3-14-11(12-6-4-9-16-12)10-13(15-2)7-5-8-13/h4,6,9,11,14H,3,5,7-8,10H2,1-2H3. The van der Waals surface area contributed by atoms with E-state index in [9.17, 15) is 0 Å². The normalized spacial score (nSPS) is 20.4. The number of nitrogens with one attached hydrogen (secondary N) is 1. The van der Waals surface area contributed by atoms with Crippen LogP contribution in [0.2, 0.25) is 0 Å². The Morgan fingerprint density at radius 2 is 2.38 bits per heavy atom. The van der Waals surface area contributed by atoms with Gasteiger partial charge in [0.2, 0.25) is 0 Å². The number of thiophene rings is 1. The van der Waals surface area contributed by atoms with E-state index in [-0.39, 0.29) is 5.60 Å². The Bertz CT molecular complexity index is 300. The lowest BCUT2D eigenvalue weighted by atomic mass is 9.75. The summed E-state index contributed by atoms with van der Waals surface area (Å²) in [5, 5.41) is 5.73. The predicted molar refractivity (Wildman–Crippen MR) is 68.9 cm³/mol. The van der Waals surface area contributed by atoms with Crippen LogP contribution in [0.25, 0.3) is 0 Å². The lowest BCUT2D eigenvalue weighted by Crippen LogP contribution is -2.42. The van der Waals surface area contributed by atoms with Crippen LogP contribution in [0.1, 0.15) is 43.5 Å². The van der Waals surface area contributed by atoms with Crippen LogP contribution in [-0.4, -0.2) is 19.3 Å². The molecule has 2 rings (SSSR count). The predicted octanol–water partition coefficient (Wildman–Crippen LogP) is 3.36. The fourth-order valence-corrected chi connectivity index (χ4v) is 3.25. The zero-order valence-electron chi connectivity index (χ0n) is 10.2. The van der Waals surface area contributed by atoms with Crippen molar-refractivity contribution in [3.05, 3.63) is 22.4 Å². The number of ether oxygens (including phenoxy) is 1. The van der Waals surface area contributed by atoms with E-state index in [1.165, 1.54) is 24.1 Å². The van der Waals surface area contributed by atoms with E-state index < -0.39 is 0 Å². The highest BCUT2D eigenvalue weighted by Gasteiger charge is 2.39. The summed E-state index contributed by atoms with van der Waals surface area (Å²) in [7, 11) is 1.86. The molecule has 1 aromatic rings. The van der Waals surface area contributed by atoms with Gasteiger partial charge < -0.3 is 10.1 Å². The molecular weight excluding hydrogens is 218 g/mol. The number of hydrogen-bond donors (Lipinski definition) is 1. The van der Waals surface area contributed by atoms with E-state index in [0.29, 0.717) is 6.04 Å². The van der Waals surface area contributed by atoms with Gasteiger partial charge in [-0.3, -0.25) is 0 Å². The average molecular weight is 239 g/mol. The minimum Gasteiger partial charge on any atom is -0.378 e. The van der Waals surface area contributed by atoms with Crippen LogP contribution >= 0.6 is 11.3 Å². The minimum absolute atomic E-state index is 0.150. The Morgan fingerprint density at radius 3 is 2.81 bits per heavy atom. The summed E-state index contributed by atoms with van der Waals surface area (Å²) in [4.78, 5) is 1.44. The first-order chi connectivity index (χ1) is 7.79. The Morgan fingerprint density at radius 1 is 1.56 bits per heavy atom. The summed E-state index contributed by atoms with van der Waals surface area (Å²) >= 11 is 1.84. The number of methoxy groups -OCH3 is 1. The van der Waals surface area contributed by atoms with Crippen LogP contribution in [0.3, 0.4) is 0 Å². The van der Waals surface area contributed by atoms with Crippen molar-refractivity contribution in [1.82, 2.24) is 5.32 Å². The highest BCUT2D eigenvalue weighted by atomic mass is 32.1. The molecule has 16 heavy (non-hydrogen) atoms. The van der Waals surface area contributed by atoms with Crippen molar-refractivity contribution < 1.29 is 4.74 Å². The van der Waals surface area contributed by atoms with Gasteiger partial charge in [0.15, 0.2) is 0 Å². The second-order valence-corrected chi connectivity index (χ2v) is 5.55. The maximum atomic E-state index is 5.71. The molecule has 0 aromatic carbocycles. The van der Waals surface area contributed by atoms with E-state index >= 15 is 0 Å². The molecule has 1 aromatic heterocycles. The van der Waals surface area contributed by atoms with Crippen molar-refractivity contribution in [2.75, 3.05) is 13.7 Å². The van der Waals surface area contributed by atoms with Gasteiger partial charge in [-0.25, -0.2) is 0 Å². The molecule has 0 spiro atoms. The zero-order chi connectivity index (χ0) is 11.4. The zero-order valence-corrected chi connectivity index (χ0v) is 11.0. The van der Waals surface area contributed by atoms with Crippen molar-refractivity contribution >= 4 is 11.3 Å². The topological polar surface area (TPSA) is 21.3 Å². The Balaban J connectivity index is 2.02. The average Bonchev–Trinajstić information content (AvgIpc) is 2.75. The third-order valence-corrected chi connectivity index (χ3v) is 4.60. The molecule has 1 saturated carbocycles. The smallest absolute Gasteiger partial charge is 0.0697 e. The van der Waals surface area contributed by atoms with E-state index in [4.69, 9.17) is 4.74 Å². The molecule has 90 valence electrons. The van der Waals surface area contributed by atoms with E-state index in [0.717, 1.165) is 13.0 Å². The highest BCUT2D eigenvalue weighted by Crippen LogP contribution is 2.42. The van der Waals surface area contributed by atoms with Crippen molar-refractivity contribution in [2.24, 2.45) is 0 Å². The maximum absolute atomic E-state index is 5.71. The number of rotatable bonds is 6. The summed E-state index contributed by atoms with van der Waals surface area (Å²) in [5.41, 5.74) is 0.150. The molecule has 3 heteroatoms. The van der Waals surface area contributed by atoms with Crippen LogP contribution in [0.4, 0.5) is 0 Å². The molecule has 2 nitrogen and oxygen atoms in total. The van der Waals surface area contributed by atoms with Crippen molar-refractivity contribution in [3.8, 4) is 0 Å². The summed E-state index contributed by atoms with van der Waals surface area (Å²) < 4.78 is 5.71. The second-order valence-electron chi connectivity index (χ2n) is 4.57. The highest BCUT2D eigenvalue weighted by molar-refractivity contribution is 7.10. The molecule has 1 atom stereocenters. The first-order valence-corrected chi connectivity index (χ1v) is 6.99. The van der Waals surface area contributed by atoms with Gasteiger partial charge in [0, 0.05) is 18.0 Å². The molecule has 1 N–H and O–H groups in total.